The van der Waals surface area contributed by atoms with Gasteiger partial charge in [0.25, 0.3) is 12.0 Å². The van der Waals surface area contributed by atoms with E-state index >= 15 is 0 Å². The maximum atomic E-state index is 3.80. The zero-order chi connectivity index (χ0) is 31.6. The number of hydrogen-bond acceptors (Lipinski definition) is 2. The van der Waals surface area contributed by atoms with E-state index in [1.165, 1.54) is 64.4 Å². The first kappa shape index (κ1) is 27.2. The van der Waals surface area contributed by atoms with E-state index in [1.54, 1.807) is 0 Å². The number of benzene rings is 7. The molecule has 7 aromatic carbocycles. The highest BCUT2D eigenvalue weighted by molar-refractivity contribution is 7.26. The Morgan fingerprint density at radius 1 is 0.521 bits per heavy atom. The van der Waals surface area contributed by atoms with Crippen molar-refractivity contribution in [3.63, 3.8) is 0 Å². The van der Waals surface area contributed by atoms with Crippen molar-refractivity contribution < 1.29 is 4.58 Å². The average Bonchev–Trinajstić information content (AvgIpc) is 3.68. The molecule has 1 atom stereocenters. The van der Waals surface area contributed by atoms with Crippen LogP contribution in [0.25, 0.3) is 58.8 Å². The number of thiophene rings is 1. The van der Waals surface area contributed by atoms with Crippen LogP contribution < -0.4 is 5.32 Å². The molecule has 0 saturated heterocycles. The molecule has 48 heavy (non-hydrogen) atoms. The summed E-state index contributed by atoms with van der Waals surface area (Å²) in [6.45, 7) is 0. The maximum Gasteiger partial charge on any atom is 0.289 e. The summed E-state index contributed by atoms with van der Waals surface area (Å²) in [7, 11) is 0. The largest absolute Gasteiger partial charge is 0.309 e. The third kappa shape index (κ3) is 4.16. The normalized spacial score (nSPS) is 14.5. The molecule has 0 aliphatic carbocycles. The van der Waals surface area contributed by atoms with Crippen molar-refractivity contribution in [2.45, 2.75) is 6.17 Å². The fourth-order valence-corrected chi connectivity index (χ4v) is 8.70. The van der Waals surface area contributed by atoms with Gasteiger partial charge in [0, 0.05) is 42.2 Å². The Balaban J connectivity index is 1.16. The standard InChI is InChI=1S/C44H29N3S/c1-3-13-29(14-4-1)43-45-44(47(43)32-16-5-2-6-17-32)31-15-11-18-33(27-31)46-39-23-9-7-19-35(39)36-26-25-30(28-40(36)46)34-21-12-22-38-37-20-8-10-24-41(37)48-42(34)38/h1-28,43H/p+1. The predicted molar refractivity (Wildman–Crippen MR) is 202 cm³/mol. The van der Waals surface area contributed by atoms with Gasteiger partial charge in [-0.3, -0.25) is 0 Å². The summed E-state index contributed by atoms with van der Waals surface area (Å²) in [6, 6.07) is 61.5. The van der Waals surface area contributed by atoms with Gasteiger partial charge in [-0.05, 0) is 59.7 Å². The fourth-order valence-electron chi connectivity index (χ4n) is 7.47. The monoisotopic (exact) mass is 632 g/mol. The first-order valence-electron chi connectivity index (χ1n) is 16.4. The summed E-state index contributed by atoms with van der Waals surface area (Å²) in [6.07, 6.45) is 0.0691. The molecule has 1 unspecified atom stereocenters. The van der Waals surface area contributed by atoms with Crippen molar-refractivity contribution in [1.29, 1.82) is 0 Å². The van der Waals surface area contributed by atoms with Crippen LogP contribution >= 0.6 is 11.3 Å². The fraction of sp³-hybridized carbons (Fsp3) is 0.0227. The molecule has 3 heterocycles. The molecule has 0 amide bonds. The van der Waals surface area contributed by atoms with Crippen LogP contribution in [0.3, 0.4) is 0 Å². The van der Waals surface area contributed by atoms with Crippen LogP contribution in [0.1, 0.15) is 17.3 Å². The summed E-state index contributed by atoms with van der Waals surface area (Å²) in [5, 5.41) is 8.97. The van der Waals surface area contributed by atoms with Crippen molar-refractivity contribution in [2.75, 3.05) is 0 Å². The molecule has 1 aliphatic heterocycles. The van der Waals surface area contributed by atoms with E-state index in [-0.39, 0.29) is 6.17 Å². The van der Waals surface area contributed by atoms with E-state index in [1.807, 2.05) is 11.3 Å². The van der Waals surface area contributed by atoms with E-state index in [9.17, 15) is 0 Å². The molecule has 9 aromatic rings. The highest BCUT2D eigenvalue weighted by atomic mass is 32.1. The first-order valence-corrected chi connectivity index (χ1v) is 17.2. The highest BCUT2D eigenvalue weighted by Crippen LogP contribution is 2.42. The maximum absolute atomic E-state index is 3.80. The molecule has 0 saturated carbocycles. The van der Waals surface area contributed by atoms with Crippen LogP contribution in [-0.4, -0.2) is 15.0 Å². The molecule has 0 bridgehead atoms. The molecule has 0 spiro atoms. The summed E-state index contributed by atoms with van der Waals surface area (Å²) in [5.41, 5.74) is 9.62. The van der Waals surface area contributed by atoms with Gasteiger partial charge in [0.05, 0.1) is 16.6 Å². The number of amidine groups is 1. The van der Waals surface area contributed by atoms with E-state index in [2.05, 4.69) is 184 Å². The van der Waals surface area contributed by atoms with Crippen LogP contribution in [0.5, 0.6) is 0 Å². The number of nitrogens with one attached hydrogen (secondary N) is 1. The number of rotatable bonds is 5. The molecular formula is C44H30N3S+. The van der Waals surface area contributed by atoms with Gasteiger partial charge in [-0.25, -0.2) is 5.32 Å². The van der Waals surface area contributed by atoms with Gasteiger partial charge < -0.3 is 4.57 Å². The van der Waals surface area contributed by atoms with Crippen LogP contribution in [-0.2, 0) is 0 Å². The molecule has 226 valence electrons. The second-order valence-corrected chi connectivity index (χ2v) is 13.5. The first-order chi connectivity index (χ1) is 23.8. The Morgan fingerprint density at radius 3 is 2.10 bits per heavy atom. The summed E-state index contributed by atoms with van der Waals surface area (Å²) >= 11 is 1.88. The number of fused-ring (bicyclic) bond motifs is 6. The molecule has 10 rings (SSSR count). The van der Waals surface area contributed by atoms with Gasteiger partial charge in [0.2, 0.25) is 0 Å². The average molecular weight is 633 g/mol. The molecule has 3 nitrogen and oxygen atoms in total. The lowest BCUT2D eigenvalue weighted by Gasteiger charge is -2.29. The Hall–Kier alpha value is -5.97. The smallest absolute Gasteiger partial charge is 0.289 e. The van der Waals surface area contributed by atoms with Crippen LogP contribution in [0, 0.1) is 0 Å². The molecule has 4 heteroatoms. The topological polar surface area (TPSA) is 20.0 Å². The molecule has 0 radical (unpaired) electrons. The molecule has 1 N–H and O–H groups in total. The number of nitrogens with zero attached hydrogens (tertiary/aromatic N) is 2. The second-order valence-electron chi connectivity index (χ2n) is 12.4. The molecule has 0 fully saturated rings. The summed E-state index contributed by atoms with van der Waals surface area (Å²) in [5.74, 6) is 1.11. The zero-order valence-corrected chi connectivity index (χ0v) is 26.9. The lowest BCUT2D eigenvalue weighted by molar-refractivity contribution is -0.531. The Morgan fingerprint density at radius 2 is 1.23 bits per heavy atom. The summed E-state index contributed by atoms with van der Waals surface area (Å²) in [4.78, 5) is 0. The van der Waals surface area contributed by atoms with E-state index < -0.39 is 0 Å². The second kappa shape index (κ2) is 10.8. The van der Waals surface area contributed by atoms with Gasteiger partial charge in [0.1, 0.15) is 5.69 Å². The number of para-hydroxylation sites is 2. The Bertz CT molecular complexity index is 2700. The van der Waals surface area contributed by atoms with Crippen molar-refractivity contribution in [1.82, 2.24) is 9.88 Å². The van der Waals surface area contributed by atoms with Gasteiger partial charge in [-0.1, -0.05) is 121 Å². The van der Waals surface area contributed by atoms with Crippen molar-refractivity contribution in [3.05, 3.63) is 181 Å². The van der Waals surface area contributed by atoms with Crippen molar-refractivity contribution in [3.8, 4) is 16.8 Å². The molecule has 2 aromatic heterocycles. The van der Waals surface area contributed by atoms with Crippen LogP contribution in [0.2, 0.25) is 0 Å². The van der Waals surface area contributed by atoms with Gasteiger partial charge >= 0.3 is 0 Å². The van der Waals surface area contributed by atoms with E-state index in [0.717, 1.165) is 17.1 Å². The third-order valence-electron chi connectivity index (χ3n) is 9.69. The molecular weight excluding hydrogens is 603 g/mol. The third-order valence-corrected chi connectivity index (χ3v) is 10.9. The quantitative estimate of drug-likeness (QED) is 0.187. The van der Waals surface area contributed by atoms with Crippen molar-refractivity contribution in [2.24, 2.45) is 0 Å². The van der Waals surface area contributed by atoms with E-state index in [4.69, 9.17) is 0 Å². The van der Waals surface area contributed by atoms with Crippen LogP contribution in [0.4, 0.5) is 5.69 Å². The van der Waals surface area contributed by atoms with Crippen molar-refractivity contribution >= 4 is 64.8 Å². The Labute approximate surface area is 282 Å². The van der Waals surface area contributed by atoms with E-state index in [0.29, 0.717) is 0 Å². The van der Waals surface area contributed by atoms with Gasteiger partial charge in [-0.2, -0.15) is 4.58 Å². The number of hydrogen-bond donors (Lipinski definition) is 1. The summed E-state index contributed by atoms with van der Waals surface area (Å²) < 4.78 is 7.50. The van der Waals surface area contributed by atoms with Gasteiger partial charge in [0.15, 0.2) is 0 Å². The zero-order valence-electron chi connectivity index (χ0n) is 26.0. The lowest BCUT2D eigenvalue weighted by atomic mass is 10.0. The highest BCUT2D eigenvalue weighted by Gasteiger charge is 2.40. The lowest BCUT2D eigenvalue weighted by Crippen LogP contribution is -2.51. The minimum Gasteiger partial charge on any atom is -0.309 e. The predicted octanol–water partition coefficient (Wildman–Crippen LogP) is 11.2. The minimum atomic E-state index is 0.0691. The van der Waals surface area contributed by atoms with Crippen LogP contribution in [0.15, 0.2) is 170 Å². The van der Waals surface area contributed by atoms with Gasteiger partial charge in [-0.15, -0.1) is 11.3 Å². The SMILES string of the molecule is c1ccc(C2NC(c3cccc(-n4c5ccccc5c5ccc(-c6cccc7c6sc6ccccc67)cc54)c3)=[N+]2c2ccccc2)cc1. The number of aromatic nitrogens is 1. The Kier molecular flexibility index (Phi) is 6.11. The molecule has 1 aliphatic rings. The minimum absolute atomic E-state index is 0.0691.